The fourth-order valence-corrected chi connectivity index (χ4v) is 4.27. The van der Waals surface area contributed by atoms with E-state index in [0.717, 1.165) is 51.4 Å². The third kappa shape index (κ3) is 3.36. The van der Waals surface area contributed by atoms with Gasteiger partial charge in [0.05, 0.1) is 0 Å². The van der Waals surface area contributed by atoms with E-state index < -0.39 is 17.4 Å². The van der Waals surface area contributed by atoms with Crippen LogP contribution in [0.4, 0.5) is 4.79 Å². The molecule has 2 rings (SSSR count). The van der Waals surface area contributed by atoms with Gasteiger partial charge in [-0.05, 0) is 25.7 Å². The van der Waals surface area contributed by atoms with Crippen molar-refractivity contribution in [3.8, 4) is 0 Å². The number of nitrogens with two attached hydrogens (primary N) is 1. The van der Waals surface area contributed by atoms with E-state index in [1.807, 2.05) is 0 Å². The highest BCUT2D eigenvalue weighted by molar-refractivity contribution is 5.66. The number of hydrogen-bond acceptors (Lipinski definition) is 6. The third-order valence-corrected chi connectivity index (χ3v) is 5.23. The molecular formula is C16H23N3O4. The van der Waals surface area contributed by atoms with Crippen molar-refractivity contribution in [2.75, 3.05) is 0 Å². The van der Waals surface area contributed by atoms with Gasteiger partial charge in [-0.3, -0.25) is 0 Å². The zero-order valence-electron chi connectivity index (χ0n) is 13.3. The van der Waals surface area contributed by atoms with E-state index in [1.165, 1.54) is 0 Å². The van der Waals surface area contributed by atoms with E-state index >= 15 is 0 Å². The highest BCUT2D eigenvalue weighted by Crippen LogP contribution is 2.50. The summed E-state index contributed by atoms with van der Waals surface area (Å²) >= 11 is 0. The van der Waals surface area contributed by atoms with Gasteiger partial charge >= 0.3 is 6.09 Å². The summed E-state index contributed by atoms with van der Waals surface area (Å²) in [5.74, 6) is -0.194. The van der Waals surface area contributed by atoms with Crippen LogP contribution in [0.25, 0.3) is 0 Å². The molecule has 0 aromatic rings. The number of primary amides is 1. The summed E-state index contributed by atoms with van der Waals surface area (Å²) in [6.07, 6.45) is 10.3. The van der Waals surface area contributed by atoms with Crippen LogP contribution in [0.15, 0.2) is 9.98 Å². The van der Waals surface area contributed by atoms with Gasteiger partial charge in [-0.1, -0.05) is 38.5 Å². The van der Waals surface area contributed by atoms with Crippen LogP contribution < -0.4 is 5.73 Å². The van der Waals surface area contributed by atoms with Crippen LogP contribution in [0.3, 0.4) is 0 Å². The molecule has 2 saturated carbocycles. The predicted molar refractivity (Wildman–Crippen MR) is 82.0 cm³/mol. The van der Waals surface area contributed by atoms with Crippen molar-refractivity contribution in [1.29, 1.82) is 0 Å². The van der Waals surface area contributed by atoms with Gasteiger partial charge in [0.1, 0.15) is 5.54 Å². The second-order valence-corrected chi connectivity index (χ2v) is 6.45. The van der Waals surface area contributed by atoms with Gasteiger partial charge in [0.2, 0.25) is 17.9 Å². The summed E-state index contributed by atoms with van der Waals surface area (Å²) in [4.78, 5) is 41.8. The summed E-state index contributed by atoms with van der Waals surface area (Å²) in [7, 11) is 0. The minimum atomic E-state index is -1.54. The largest absolute Gasteiger partial charge is 0.417 e. The van der Waals surface area contributed by atoms with E-state index in [-0.39, 0.29) is 5.92 Å². The minimum Gasteiger partial charge on any atom is -0.417 e. The molecule has 0 aromatic heterocycles. The molecule has 0 aliphatic heterocycles. The van der Waals surface area contributed by atoms with E-state index in [1.54, 1.807) is 12.2 Å². The molecule has 0 bridgehead atoms. The first-order chi connectivity index (χ1) is 11.1. The fraction of sp³-hybridized carbons (Fsp3) is 0.812. The molecule has 0 saturated heterocycles. The van der Waals surface area contributed by atoms with Crippen molar-refractivity contribution in [2.24, 2.45) is 21.6 Å². The molecule has 7 heteroatoms. The molecule has 7 nitrogen and oxygen atoms in total. The Morgan fingerprint density at radius 1 is 1.04 bits per heavy atom. The minimum absolute atomic E-state index is 0.194. The lowest BCUT2D eigenvalue weighted by molar-refractivity contribution is -0.101. The summed E-state index contributed by atoms with van der Waals surface area (Å²) in [5.41, 5.74) is 2.68. The van der Waals surface area contributed by atoms with Gasteiger partial charge in [0, 0.05) is 5.92 Å². The highest BCUT2D eigenvalue weighted by Gasteiger charge is 2.60. The average Bonchev–Trinajstić information content (AvgIpc) is 2.56. The smallest absolute Gasteiger partial charge is 0.406 e. The number of isocyanates is 2. The zero-order chi connectivity index (χ0) is 16.8. The maximum absolute atomic E-state index is 11.6. The molecule has 23 heavy (non-hydrogen) atoms. The summed E-state index contributed by atoms with van der Waals surface area (Å²) in [6, 6.07) is 0. The Balaban J connectivity index is 2.57. The quantitative estimate of drug-likeness (QED) is 0.619. The first kappa shape index (κ1) is 17.4. The molecule has 0 aromatic carbocycles. The molecule has 2 N–H and O–H groups in total. The first-order valence-corrected chi connectivity index (χ1v) is 8.27. The van der Waals surface area contributed by atoms with Crippen LogP contribution in [-0.4, -0.2) is 29.5 Å². The normalized spacial score (nSPS) is 23.7. The molecule has 0 heterocycles. The van der Waals surface area contributed by atoms with Crippen LogP contribution in [0.1, 0.15) is 64.2 Å². The maximum Gasteiger partial charge on any atom is 0.406 e. The van der Waals surface area contributed by atoms with Crippen LogP contribution in [-0.2, 0) is 14.3 Å². The summed E-state index contributed by atoms with van der Waals surface area (Å²) < 4.78 is 5.45. The fourth-order valence-electron chi connectivity index (χ4n) is 4.27. The second kappa shape index (κ2) is 7.53. The van der Waals surface area contributed by atoms with Gasteiger partial charge in [-0.25, -0.2) is 14.4 Å². The van der Waals surface area contributed by atoms with Crippen molar-refractivity contribution in [2.45, 2.75) is 75.5 Å². The number of ether oxygens (including phenoxy) is 1. The number of rotatable bonds is 5. The Bertz CT molecular complexity index is 525. The number of aliphatic imine (C=N–C) groups is 2. The number of carbonyl (C=O) groups excluding carboxylic acids is 3. The van der Waals surface area contributed by atoms with Crippen LogP contribution >= 0.6 is 0 Å². The molecule has 126 valence electrons. The Labute approximate surface area is 135 Å². The summed E-state index contributed by atoms with van der Waals surface area (Å²) in [5, 5.41) is 0. The highest BCUT2D eigenvalue weighted by atomic mass is 16.6. The molecule has 1 amide bonds. The molecule has 2 aliphatic carbocycles. The predicted octanol–water partition coefficient (Wildman–Crippen LogP) is 2.73. The molecule has 2 aliphatic rings. The molecule has 2 fully saturated rings. The third-order valence-electron chi connectivity index (χ3n) is 5.23. The first-order valence-electron chi connectivity index (χ1n) is 8.27. The molecule has 1 unspecified atom stereocenters. The lowest BCUT2D eigenvalue weighted by Crippen LogP contribution is -2.60. The van der Waals surface area contributed by atoms with Crippen molar-refractivity contribution in [1.82, 2.24) is 0 Å². The Hall–Kier alpha value is -1.97. The topological polar surface area (TPSA) is 111 Å². The monoisotopic (exact) mass is 321 g/mol. The SMILES string of the molecule is NC(=O)OC(N=C=O)(C1CCCCC1)C1(N=C=O)CCCCC1. The van der Waals surface area contributed by atoms with Crippen molar-refractivity contribution in [3.05, 3.63) is 0 Å². The van der Waals surface area contributed by atoms with E-state index in [0.29, 0.717) is 12.8 Å². The Morgan fingerprint density at radius 2 is 1.65 bits per heavy atom. The Kier molecular flexibility index (Phi) is 5.69. The van der Waals surface area contributed by atoms with Crippen molar-refractivity contribution >= 4 is 18.3 Å². The zero-order valence-corrected chi connectivity index (χ0v) is 13.3. The average molecular weight is 321 g/mol. The van der Waals surface area contributed by atoms with E-state index in [2.05, 4.69) is 9.98 Å². The number of nitrogens with zero attached hydrogens (tertiary/aromatic N) is 2. The Morgan fingerprint density at radius 3 is 2.17 bits per heavy atom. The van der Waals surface area contributed by atoms with Crippen LogP contribution in [0, 0.1) is 5.92 Å². The van der Waals surface area contributed by atoms with Gasteiger partial charge in [-0.15, -0.1) is 0 Å². The second-order valence-electron chi connectivity index (χ2n) is 6.45. The van der Waals surface area contributed by atoms with Gasteiger partial charge < -0.3 is 10.5 Å². The molecule has 0 radical (unpaired) electrons. The lowest BCUT2D eigenvalue weighted by atomic mass is 9.66. The van der Waals surface area contributed by atoms with E-state index in [4.69, 9.17) is 10.5 Å². The molecule has 1 atom stereocenters. The van der Waals surface area contributed by atoms with Crippen LogP contribution in [0.5, 0.6) is 0 Å². The molecule has 0 spiro atoms. The lowest BCUT2D eigenvalue weighted by Gasteiger charge is -2.49. The number of carbonyl (C=O) groups is 1. The number of hydrogen-bond donors (Lipinski definition) is 1. The maximum atomic E-state index is 11.6. The standard InChI is InChI=1S/C16H23N3O4/c17-14(22)23-16(19-12-21,13-7-3-1-4-8-13)15(18-11-20)9-5-2-6-10-15/h13H,1-10H2,(H2,17,22). The van der Waals surface area contributed by atoms with Crippen molar-refractivity contribution in [3.63, 3.8) is 0 Å². The van der Waals surface area contributed by atoms with Gasteiger partial charge in [0.15, 0.2) is 0 Å². The molecular weight excluding hydrogens is 298 g/mol. The number of amides is 1. The van der Waals surface area contributed by atoms with Gasteiger partial charge in [-0.2, -0.15) is 9.98 Å². The van der Waals surface area contributed by atoms with Crippen LogP contribution in [0.2, 0.25) is 0 Å². The van der Waals surface area contributed by atoms with Gasteiger partial charge in [0.25, 0.3) is 0 Å². The van der Waals surface area contributed by atoms with Crippen molar-refractivity contribution < 1.29 is 19.1 Å². The summed E-state index contributed by atoms with van der Waals surface area (Å²) in [6.45, 7) is 0. The van der Waals surface area contributed by atoms with E-state index in [9.17, 15) is 14.4 Å².